The second-order valence-electron chi connectivity index (χ2n) is 22.3. The molecule has 15 unspecified atom stereocenters. The Morgan fingerprint density at radius 1 is 0.681 bits per heavy atom. The van der Waals surface area contributed by atoms with Crippen LogP contribution in [0.15, 0.2) is 97.1 Å². The lowest BCUT2D eigenvalue weighted by molar-refractivity contribution is -0.260. The van der Waals surface area contributed by atoms with Crippen LogP contribution in [0.4, 0.5) is 43.4 Å². The van der Waals surface area contributed by atoms with Crippen molar-refractivity contribution in [3.63, 3.8) is 0 Å². The normalized spacial score (nSPS) is 27.1. The highest BCUT2D eigenvalue weighted by molar-refractivity contribution is 7.80. The maximum absolute atomic E-state index is 15.4. The predicted octanol–water partition coefficient (Wildman–Crippen LogP) is -2.53. The average Bonchev–Trinajstić information content (AvgIpc) is 1.44. The SMILES string of the molecule is CCC(c1ccccc1)C1NC(=O)CNC(=O)C(CO)NC(=O)C(C(O)C2CNC(=N)N2C2OC(CO)C(O)C(O)C2O)NC(=O)C(C(O)C2CNC(=N)N2)NC(=O)C(Cc2ccc(O)c(N(C(=S)Nc3cc(C(F)(F)F)cc(C(F)(F)F)c3)c3ccccc3)c2)NC1=O. The van der Waals surface area contributed by atoms with Crippen LogP contribution in [0, 0.1) is 10.8 Å². The number of phenolic OH excluding ortho intramolecular Hbond substituents is 1. The Balaban J connectivity index is 1.23. The number of guanidine groups is 2. The summed E-state index contributed by atoms with van der Waals surface area (Å²) in [5, 5.41) is 130. The molecule has 36 heteroatoms. The highest BCUT2D eigenvalue weighted by Gasteiger charge is 2.53. The van der Waals surface area contributed by atoms with Crippen molar-refractivity contribution in [3.05, 3.63) is 119 Å². The molecule has 8 rings (SSSR count). The summed E-state index contributed by atoms with van der Waals surface area (Å²) in [5.74, 6) is -10.4. The quantitative estimate of drug-likeness (QED) is 0.0431. The van der Waals surface area contributed by atoms with Crippen LogP contribution in [-0.4, -0.2) is 216 Å². The Morgan fingerprint density at radius 3 is 1.87 bits per heavy atom. The number of amides is 6. The van der Waals surface area contributed by atoms with E-state index in [1.54, 1.807) is 43.3 Å². The Hall–Kier alpha value is -9.01. The van der Waals surface area contributed by atoms with Crippen molar-refractivity contribution in [2.75, 3.05) is 43.1 Å². The smallest absolute Gasteiger partial charge is 0.416 e. The van der Waals surface area contributed by atoms with E-state index >= 15 is 14.4 Å². The highest BCUT2D eigenvalue weighted by atomic mass is 32.1. The van der Waals surface area contributed by atoms with Crippen LogP contribution in [0.5, 0.6) is 5.75 Å². The summed E-state index contributed by atoms with van der Waals surface area (Å²) >= 11 is 5.65. The lowest BCUT2D eigenvalue weighted by Gasteiger charge is -2.46. The van der Waals surface area contributed by atoms with E-state index in [0.29, 0.717) is 17.7 Å². The third kappa shape index (κ3) is 16.3. The lowest BCUT2D eigenvalue weighted by atomic mass is 9.88. The van der Waals surface area contributed by atoms with Gasteiger partial charge >= 0.3 is 12.4 Å². The molecular formula is C58H68F6N14O15S. The van der Waals surface area contributed by atoms with Gasteiger partial charge in [0.1, 0.15) is 72.6 Å². The summed E-state index contributed by atoms with van der Waals surface area (Å²) in [5.41, 5.74) is -4.02. The van der Waals surface area contributed by atoms with Gasteiger partial charge in [0, 0.05) is 36.8 Å². The Morgan fingerprint density at radius 2 is 1.28 bits per heavy atom. The van der Waals surface area contributed by atoms with E-state index in [4.69, 9.17) is 27.8 Å². The maximum Gasteiger partial charge on any atom is 0.416 e. The molecule has 4 fully saturated rings. The first kappa shape index (κ1) is 70.9. The number of rotatable bonds is 15. The van der Waals surface area contributed by atoms with Gasteiger partial charge in [0.15, 0.2) is 23.3 Å². The van der Waals surface area contributed by atoms with E-state index in [2.05, 4.69) is 53.2 Å². The number of nitrogens with one attached hydrogen (secondary N) is 12. The minimum absolute atomic E-state index is 0.0365. The molecule has 4 saturated heterocycles. The van der Waals surface area contributed by atoms with Crippen LogP contribution >= 0.6 is 12.2 Å². The second kappa shape index (κ2) is 29.9. The molecule has 4 aliphatic rings. The number of thiocarbonyl (C=S) groups is 1. The number of anilines is 3. The number of nitrogens with zero attached hydrogens (tertiary/aromatic N) is 2. The number of hydrogen-bond donors (Lipinski definition) is 20. The number of ether oxygens (including phenoxy) is 1. The first-order valence-corrected chi connectivity index (χ1v) is 29.4. The number of carbonyl (C=O) groups excluding carboxylic acids is 6. The van der Waals surface area contributed by atoms with Crippen LogP contribution in [0.25, 0.3) is 0 Å². The third-order valence-corrected chi connectivity index (χ3v) is 16.3. The van der Waals surface area contributed by atoms with Crippen molar-refractivity contribution < 1.29 is 101 Å². The molecule has 4 heterocycles. The van der Waals surface area contributed by atoms with E-state index < -0.39 is 205 Å². The topological polar surface area (TPSA) is 448 Å². The van der Waals surface area contributed by atoms with Gasteiger partial charge in [-0.2, -0.15) is 26.3 Å². The number of para-hydroxylation sites is 1. The van der Waals surface area contributed by atoms with Gasteiger partial charge in [-0.1, -0.05) is 61.5 Å². The van der Waals surface area contributed by atoms with E-state index in [-0.39, 0.29) is 41.9 Å². The number of phenols is 1. The number of aliphatic hydroxyl groups is 7. The molecule has 29 nitrogen and oxygen atoms in total. The molecule has 0 spiro atoms. The number of aromatic hydroxyl groups is 1. The van der Waals surface area contributed by atoms with Gasteiger partial charge in [-0.3, -0.25) is 44.5 Å². The first-order chi connectivity index (χ1) is 44.4. The van der Waals surface area contributed by atoms with Gasteiger partial charge in [-0.15, -0.1) is 0 Å². The van der Waals surface area contributed by atoms with Crippen LogP contribution in [0.2, 0.25) is 0 Å². The molecule has 0 aliphatic carbocycles. The van der Waals surface area contributed by atoms with E-state index in [0.717, 1.165) is 15.9 Å². The zero-order valence-electron chi connectivity index (χ0n) is 49.4. The van der Waals surface area contributed by atoms with Gasteiger partial charge in [-0.05, 0) is 72.2 Å². The molecule has 94 heavy (non-hydrogen) atoms. The van der Waals surface area contributed by atoms with Crippen molar-refractivity contribution in [3.8, 4) is 5.75 Å². The monoisotopic (exact) mass is 1350 g/mol. The zero-order chi connectivity index (χ0) is 68.7. The molecule has 0 aromatic heterocycles. The van der Waals surface area contributed by atoms with Gasteiger partial charge in [0.25, 0.3) is 0 Å². The summed E-state index contributed by atoms with van der Waals surface area (Å²) in [6.07, 6.45) is -25.2. The average molecular weight is 1350 g/mol. The number of halogens is 6. The summed E-state index contributed by atoms with van der Waals surface area (Å²) in [4.78, 5) is 90.1. The maximum atomic E-state index is 15.4. The number of alkyl halides is 6. The van der Waals surface area contributed by atoms with E-state index in [9.17, 15) is 81.6 Å². The standard InChI is InChI=1S/C58H68F6N14O15S/c1-2-31(26-9-5-3-6-10-26)40-50(90)71-32(15-25-13-14-37(81)35(16-25)77(30-11-7-4-8-12-30)56(94)70-29-18-27(57(59,60)61)17-28(19-29)58(62,63)64)49(89)75-41(43(83)33-20-68-54(65)73-33)52(92)76-42(51(91)72-34(23-79)48(88)67-22-39(82)74-40)44(84)36-21-69-55(66)78(36)53-47(87)46(86)45(85)38(24-80)93-53/h3-14,16-19,31-34,36,38,40-47,53,79-81,83-87H,2,15,20-24H2,1H3,(H2,66,69)(H,67,88)(H,70,94)(H,71,90)(H,72,91)(H,74,82)(H,75,89)(H,76,92)(H3,65,68,73). The fourth-order valence-corrected chi connectivity index (χ4v) is 11.5. The minimum atomic E-state index is -5.27. The van der Waals surface area contributed by atoms with Crippen molar-refractivity contribution in [1.82, 2.24) is 52.8 Å². The summed E-state index contributed by atoms with van der Waals surface area (Å²) in [6.45, 7) is -2.32. The Bertz CT molecular complexity index is 3430. The molecule has 0 radical (unpaired) electrons. The molecule has 0 saturated carbocycles. The van der Waals surface area contributed by atoms with Crippen molar-refractivity contribution >= 4 is 81.8 Å². The molecule has 508 valence electrons. The van der Waals surface area contributed by atoms with Crippen molar-refractivity contribution in [2.45, 2.75) is 123 Å². The second-order valence-corrected chi connectivity index (χ2v) is 22.7. The molecule has 15 atom stereocenters. The first-order valence-electron chi connectivity index (χ1n) is 29.0. The molecular weight excluding hydrogens is 1280 g/mol. The fraction of sp³-hybridized carbons (Fsp3) is 0.431. The number of hydrogen-bond acceptors (Lipinski definition) is 18. The van der Waals surface area contributed by atoms with Gasteiger partial charge in [0.05, 0.1) is 48.7 Å². The van der Waals surface area contributed by atoms with E-state index in [1.165, 1.54) is 36.4 Å². The van der Waals surface area contributed by atoms with Gasteiger partial charge in [-0.25, -0.2) is 0 Å². The minimum Gasteiger partial charge on any atom is -0.506 e. The predicted molar refractivity (Wildman–Crippen MR) is 322 cm³/mol. The van der Waals surface area contributed by atoms with Crippen molar-refractivity contribution in [1.29, 1.82) is 10.8 Å². The van der Waals surface area contributed by atoms with Gasteiger partial charge < -0.3 is 104 Å². The third-order valence-electron chi connectivity index (χ3n) is 16.0. The lowest BCUT2D eigenvalue weighted by Crippen LogP contribution is -2.69. The number of aliphatic hydroxyl groups excluding tert-OH is 7. The summed E-state index contributed by atoms with van der Waals surface area (Å²) in [6, 6.07) is 6.06. The van der Waals surface area contributed by atoms with Gasteiger partial charge in [0.2, 0.25) is 35.4 Å². The zero-order valence-corrected chi connectivity index (χ0v) is 50.2. The fourth-order valence-electron chi connectivity index (χ4n) is 11.2. The van der Waals surface area contributed by atoms with Crippen LogP contribution < -0.4 is 58.1 Å². The number of carbonyl (C=O) groups is 6. The summed E-state index contributed by atoms with van der Waals surface area (Å²) < 4.78 is 90.0. The molecule has 6 amide bonds. The molecule has 4 aromatic rings. The Kier molecular flexibility index (Phi) is 22.6. The molecule has 4 aromatic carbocycles. The molecule has 0 bridgehead atoms. The van der Waals surface area contributed by atoms with Crippen LogP contribution in [0.1, 0.15) is 41.5 Å². The van der Waals surface area contributed by atoms with E-state index in [1.807, 2.05) is 0 Å². The van der Waals surface area contributed by atoms with Crippen molar-refractivity contribution in [2.24, 2.45) is 0 Å². The molecule has 4 aliphatic heterocycles. The highest BCUT2D eigenvalue weighted by Crippen LogP contribution is 2.40. The Labute approximate surface area is 535 Å². The number of benzene rings is 4. The van der Waals surface area contributed by atoms with Crippen LogP contribution in [0.3, 0.4) is 0 Å². The van der Waals surface area contributed by atoms with Crippen LogP contribution in [-0.2, 0) is 52.3 Å². The summed E-state index contributed by atoms with van der Waals surface area (Å²) in [7, 11) is 0. The largest absolute Gasteiger partial charge is 0.506 e. The molecule has 20 N–H and O–H groups in total.